The molecule has 0 aliphatic heterocycles. The fraction of sp³-hybridized carbons (Fsp3) is 0.450. The van der Waals surface area contributed by atoms with Gasteiger partial charge in [-0.05, 0) is 30.9 Å². The van der Waals surface area contributed by atoms with Gasteiger partial charge in [0.15, 0.2) is 0 Å². The second kappa shape index (κ2) is 9.36. The molecule has 2 rings (SSSR count). The zero-order valence-electron chi connectivity index (χ0n) is 16.4. The highest BCUT2D eigenvalue weighted by atomic mass is 16.4. The number of carbonyl (C=O) groups excluding carboxylic acids is 2. The van der Waals surface area contributed by atoms with Gasteiger partial charge in [0.05, 0.1) is 6.04 Å². The Bertz CT molecular complexity index is 846. The Balaban J connectivity index is 2.00. The quantitative estimate of drug-likeness (QED) is 0.439. The molecule has 0 saturated carbocycles. The van der Waals surface area contributed by atoms with Crippen molar-refractivity contribution in [3.05, 3.63) is 36.0 Å². The number of nitrogens with one attached hydrogen (secondary N) is 3. The van der Waals surface area contributed by atoms with Crippen LogP contribution in [0.15, 0.2) is 30.5 Å². The summed E-state index contributed by atoms with van der Waals surface area (Å²) in [5.41, 5.74) is 7.50. The van der Waals surface area contributed by atoms with Gasteiger partial charge in [-0.1, -0.05) is 32.0 Å². The molecular formula is C20H28N4O4. The molecule has 1 heterocycles. The summed E-state index contributed by atoms with van der Waals surface area (Å²) in [5, 5.41) is 15.5. The number of nitrogens with two attached hydrogens (primary N) is 1. The van der Waals surface area contributed by atoms with Crippen LogP contribution in [0.4, 0.5) is 0 Å². The molecule has 0 fully saturated rings. The second-order valence-corrected chi connectivity index (χ2v) is 7.43. The molecule has 2 amide bonds. The van der Waals surface area contributed by atoms with Crippen molar-refractivity contribution in [3.8, 4) is 0 Å². The van der Waals surface area contributed by atoms with E-state index in [1.165, 1.54) is 6.92 Å². The van der Waals surface area contributed by atoms with E-state index in [2.05, 4.69) is 15.6 Å². The lowest BCUT2D eigenvalue weighted by Crippen LogP contribution is -2.53. The first-order valence-corrected chi connectivity index (χ1v) is 9.33. The van der Waals surface area contributed by atoms with Crippen molar-refractivity contribution >= 4 is 28.7 Å². The largest absolute Gasteiger partial charge is 0.480 e. The minimum Gasteiger partial charge on any atom is -0.480 e. The Hall–Kier alpha value is -2.87. The highest BCUT2D eigenvalue weighted by Gasteiger charge is 2.26. The lowest BCUT2D eigenvalue weighted by atomic mass is 10.0. The third-order valence-electron chi connectivity index (χ3n) is 4.53. The van der Waals surface area contributed by atoms with Crippen molar-refractivity contribution < 1.29 is 19.5 Å². The van der Waals surface area contributed by atoms with E-state index in [9.17, 15) is 19.5 Å². The average molecular weight is 388 g/mol. The van der Waals surface area contributed by atoms with Crippen molar-refractivity contribution in [2.75, 3.05) is 0 Å². The van der Waals surface area contributed by atoms with Crippen LogP contribution in [-0.2, 0) is 20.8 Å². The highest BCUT2D eigenvalue weighted by Crippen LogP contribution is 2.19. The highest BCUT2D eigenvalue weighted by molar-refractivity contribution is 5.92. The van der Waals surface area contributed by atoms with E-state index in [0.29, 0.717) is 6.42 Å². The van der Waals surface area contributed by atoms with Gasteiger partial charge in [-0.3, -0.25) is 9.59 Å². The lowest BCUT2D eigenvalue weighted by molar-refractivity contribution is -0.142. The third kappa shape index (κ3) is 5.56. The van der Waals surface area contributed by atoms with Crippen LogP contribution < -0.4 is 16.4 Å². The molecule has 0 aliphatic rings. The van der Waals surface area contributed by atoms with Crippen LogP contribution in [0.1, 0.15) is 32.8 Å². The summed E-state index contributed by atoms with van der Waals surface area (Å²) in [6.07, 6.45) is 2.36. The number of aliphatic carboxylic acids is 1. The number of fused-ring (bicyclic) bond motifs is 1. The number of aromatic nitrogens is 1. The van der Waals surface area contributed by atoms with Crippen LogP contribution >= 0.6 is 0 Å². The predicted molar refractivity (Wildman–Crippen MR) is 107 cm³/mol. The van der Waals surface area contributed by atoms with Crippen molar-refractivity contribution in [3.63, 3.8) is 0 Å². The van der Waals surface area contributed by atoms with Crippen molar-refractivity contribution in [2.24, 2.45) is 11.7 Å². The normalized spacial score (nSPS) is 14.5. The average Bonchev–Trinajstić information content (AvgIpc) is 3.03. The first-order chi connectivity index (χ1) is 13.2. The maximum Gasteiger partial charge on any atom is 0.326 e. The Labute approximate surface area is 163 Å². The molecule has 0 unspecified atom stereocenters. The smallest absolute Gasteiger partial charge is 0.326 e. The Morgan fingerprint density at radius 3 is 2.43 bits per heavy atom. The van der Waals surface area contributed by atoms with E-state index >= 15 is 0 Å². The van der Waals surface area contributed by atoms with Crippen molar-refractivity contribution in [1.29, 1.82) is 0 Å². The zero-order valence-corrected chi connectivity index (χ0v) is 16.4. The number of amides is 2. The van der Waals surface area contributed by atoms with Gasteiger partial charge >= 0.3 is 5.97 Å². The summed E-state index contributed by atoms with van der Waals surface area (Å²) in [6.45, 7) is 5.40. The van der Waals surface area contributed by atoms with E-state index < -0.39 is 35.9 Å². The van der Waals surface area contributed by atoms with Crippen LogP contribution in [0, 0.1) is 5.92 Å². The van der Waals surface area contributed by atoms with Crippen LogP contribution in [0.25, 0.3) is 10.9 Å². The summed E-state index contributed by atoms with van der Waals surface area (Å²) < 4.78 is 0. The molecule has 28 heavy (non-hydrogen) atoms. The first-order valence-electron chi connectivity index (χ1n) is 9.33. The zero-order chi connectivity index (χ0) is 20.8. The fourth-order valence-electron chi connectivity index (χ4n) is 3.02. The Morgan fingerprint density at radius 2 is 1.79 bits per heavy atom. The first kappa shape index (κ1) is 21.4. The van der Waals surface area contributed by atoms with Crippen LogP contribution in [0.3, 0.4) is 0 Å². The van der Waals surface area contributed by atoms with Crippen molar-refractivity contribution in [2.45, 2.75) is 51.7 Å². The van der Waals surface area contributed by atoms with E-state index in [4.69, 9.17) is 5.73 Å². The monoisotopic (exact) mass is 388 g/mol. The van der Waals surface area contributed by atoms with Gasteiger partial charge in [-0.2, -0.15) is 0 Å². The molecule has 1 aromatic carbocycles. The van der Waals surface area contributed by atoms with Crippen LogP contribution in [0.5, 0.6) is 0 Å². The fourth-order valence-corrected chi connectivity index (χ4v) is 3.02. The standard InChI is InChI=1S/C20H28N4O4/c1-11(2)8-15(21)19(26)23-12(3)18(25)24-17(20(27)28)9-13-10-22-16-7-5-4-6-14(13)16/h4-7,10-12,15,17,22H,8-9,21H2,1-3H3,(H,23,26)(H,24,25)(H,27,28)/t12-,15-,17-/m0/s1. The van der Waals surface area contributed by atoms with Gasteiger partial charge in [0.25, 0.3) is 0 Å². The van der Waals surface area contributed by atoms with Gasteiger partial charge in [0.1, 0.15) is 12.1 Å². The van der Waals surface area contributed by atoms with Gasteiger partial charge in [-0.25, -0.2) is 4.79 Å². The molecule has 0 bridgehead atoms. The minimum absolute atomic E-state index is 0.124. The molecule has 152 valence electrons. The topological polar surface area (TPSA) is 137 Å². The summed E-state index contributed by atoms with van der Waals surface area (Å²) in [6, 6.07) is 4.81. The molecule has 0 saturated heterocycles. The maximum absolute atomic E-state index is 12.4. The summed E-state index contributed by atoms with van der Waals surface area (Å²) in [7, 11) is 0. The third-order valence-corrected chi connectivity index (χ3v) is 4.53. The SMILES string of the molecule is CC(C)C[C@H](N)C(=O)N[C@@H](C)C(=O)N[C@@H](Cc1c[nH]c2ccccc12)C(=O)O. The number of carbonyl (C=O) groups is 3. The van der Waals surface area contributed by atoms with Gasteiger partial charge in [-0.15, -0.1) is 0 Å². The number of hydrogen-bond acceptors (Lipinski definition) is 4. The number of hydrogen-bond donors (Lipinski definition) is 5. The number of rotatable bonds is 9. The molecule has 0 aliphatic carbocycles. The van der Waals surface area contributed by atoms with Crippen molar-refractivity contribution in [1.82, 2.24) is 15.6 Å². The maximum atomic E-state index is 12.4. The van der Waals surface area contributed by atoms with Crippen LogP contribution in [0.2, 0.25) is 0 Å². The molecule has 0 radical (unpaired) electrons. The minimum atomic E-state index is -1.14. The summed E-state index contributed by atoms with van der Waals surface area (Å²) in [5.74, 6) is -1.90. The molecule has 8 nitrogen and oxygen atoms in total. The number of benzene rings is 1. The van der Waals surface area contributed by atoms with Crippen LogP contribution in [-0.4, -0.2) is 46.0 Å². The van der Waals surface area contributed by atoms with E-state index in [0.717, 1.165) is 16.5 Å². The molecule has 6 N–H and O–H groups in total. The lowest BCUT2D eigenvalue weighted by Gasteiger charge is -2.20. The Morgan fingerprint density at radius 1 is 1.11 bits per heavy atom. The number of para-hydroxylation sites is 1. The molecule has 8 heteroatoms. The number of H-pyrrole nitrogens is 1. The second-order valence-electron chi connectivity index (χ2n) is 7.43. The molecule has 0 spiro atoms. The van der Waals surface area contributed by atoms with E-state index in [1.54, 1.807) is 6.20 Å². The number of carboxylic acids is 1. The predicted octanol–water partition coefficient (Wildman–Crippen LogP) is 1.16. The molecular weight excluding hydrogens is 360 g/mol. The number of carboxylic acid groups (broad SMARTS) is 1. The van der Waals surface area contributed by atoms with E-state index in [1.807, 2.05) is 38.1 Å². The Kier molecular flexibility index (Phi) is 7.17. The molecule has 2 aromatic rings. The summed E-state index contributed by atoms with van der Waals surface area (Å²) in [4.78, 5) is 39.2. The van der Waals surface area contributed by atoms with Gasteiger partial charge in [0, 0.05) is 23.5 Å². The van der Waals surface area contributed by atoms with E-state index in [-0.39, 0.29) is 12.3 Å². The van der Waals surface area contributed by atoms with Gasteiger partial charge < -0.3 is 26.5 Å². The van der Waals surface area contributed by atoms with Gasteiger partial charge in [0.2, 0.25) is 11.8 Å². The number of aromatic amines is 1. The molecule has 3 atom stereocenters. The molecule has 1 aromatic heterocycles. The summed E-state index contributed by atoms with van der Waals surface area (Å²) >= 11 is 0.